The van der Waals surface area contributed by atoms with E-state index < -0.39 is 0 Å². The molecule has 3 heterocycles. The maximum atomic E-state index is 5.73. The lowest BCUT2D eigenvalue weighted by Crippen LogP contribution is -2.30. The van der Waals surface area contributed by atoms with Crippen molar-refractivity contribution in [1.82, 2.24) is 9.88 Å². The summed E-state index contributed by atoms with van der Waals surface area (Å²) in [4.78, 5) is 6.92. The second-order valence-electron chi connectivity index (χ2n) is 5.64. The summed E-state index contributed by atoms with van der Waals surface area (Å²) in [5.74, 6) is 0.991. The highest BCUT2D eigenvalue weighted by atomic mass is 16.4. The van der Waals surface area contributed by atoms with Gasteiger partial charge in [-0.15, -0.1) is 0 Å². The summed E-state index contributed by atoms with van der Waals surface area (Å²) < 4.78 is 11.3. The van der Waals surface area contributed by atoms with Crippen LogP contribution in [0.25, 0.3) is 11.1 Å². The van der Waals surface area contributed by atoms with Gasteiger partial charge in [0.05, 0.1) is 12.3 Å². The lowest BCUT2D eigenvalue weighted by atomic mass is 10.2. The van der Waals surface area contributed by atoms with Crippen molar-refractivity contribution in [2.75, 3.05) is 25.0 Å². The van der Waals surface area contributed by atoms with E-state index in [0.29, 0.717) is 6.01 Å². The average Bonchev–Trinajstić information content (AvgIpc) is 3.29. The molecule has 1 unspecified atom stereocenters. The molecule has 3 aromatic rings. The van der Waals surface area contributed by atoms with Gasteiger partial charge in [0.25, 0.3) is 6.01 Å². The molecule has 0 radical (unpaired) electrons. The van der Waals surface area contributed by atoms with E-state index in [1.165, 1.54) is 12.8 Å². The predicted octanol–water partition coefficient (Wildman–Crippen LogP) is 3.67. The fraction of sp³-hybridized carbons (Fsp3) is 0.353. The molecule has 5 heteroatoms. The van der Waals surface area contributed by atoms with Crippen LogP contribution in [0.2, 0.25) is 0 Å². The molecular formula is C17H19N3O2. The van der Waals surface area contributed by atoms with Crippen molar-refractivity contribution in [3.05, 3.63) is 48.4 Å². The molecule has 0 amide bonds. The molecule has 0 saturated carbocycles. The van der Waals surface area contributed by atoms with Gasteiger partial charge in [0, 0.05) is 6.54 Å². The van der Waals surface area contributed by atoms with Crippen molar-refractivity contribution in [3.8, 4) is 0 Å². The minimum absolute atomic E-state index is 0.215. The number of nitrogens with one attached hydrogen (secondary N) is 1. The molecule has 0 spiro atoms. The first-order valence-corrected chi connectivity index (χ1v) is 7.77. The first kappa shape index (κ1) is 13.4. The first-order valence-electron chi connectivity index (χ1n) is 7.77. The Hall–Kier alpha value is -2.27. The number of oxazole rings is 1. The highest BCUT2D eigenvalue weighted by Crippen LogP contribution is 2.26. The van der Waals surface area contributed by atoms with E-state index in [0.717, 1.165) is 36.5 Å². The van der Waals surface area contributed by atoms with E-state index in [1.54, 1.807) is 6.26 Å². The van der Waals surface area contributed by atoms with Gasteiger partial charge >= 0.3 is 0 Å². The van der Waals surface area contributed by atoms with Crippen molar-refractivity contribution < 1.29 is 8.83 Å². The molecule has 2 aromatic heterocycles. The van der Waals surface area contributed by atoms with Crippen molar-refractivity contribution in [1.29, 1.82) is 0 Å². The van der Waals surface area contributed by atoms with Crippen LogP contribution in [-0.2, 0) is 0 Å². The Kier molecular flexibility index (Phi) is 3.56. The van der Waals surface area contributed by atoms with Gasteiger partial charge in [-0.1, -0.05) is 12.1 Å². The van der Waals surface area contributed by atoms with Crippen LogP contribution in [-0.4, -0.2) is 29.5 Å². The number of fused-ring (bicyclic) bond motifs is 1. The summed E-state index contributed by atoms with van der Waals surface area (Å²) >= 11 is 0. The fourth-order valence-corrected chi connectivity index (χ4v) is 3.08. The monoisotopic (exact) mass is 297 g/mol. The Bertz CT molecular complexity index is 696. The molecule has 1 aliphatic heterocycles. The summed E-state index contributed by atoms with van der Waals surface area (Å²) in [6.45, 7) is 2.95. The van der Waals surface area contributed by atoms with Crippen LogP contribution in [0.5, 0.6) is 0 Å². The van der Waals surface area contributed by atoms with Crippen LogP contribution in [0, 0.1) is 0 Å². The van der Waals surface area contributed by atoms with E-state index in [9.17, 15) is 0 Å². The first-order chi connectivity index (χ1) is 10.9. The summed E-state index contributed by atoms with van der Waals surface area (Å²) in [7, 11) is 0. The Morgan fingerprint density at radius 3 is 2.77 bits per heavy atom. The number of likely N-dealkylation sites (tertiary alicyclic amines) is 1. The Morgan fingerprint density at radius 1 is 1.14 bits per heavy atom. The molecule has 1 fully saturated rings. The molecule has 0 bridgehead atoms. The van der Waals surface area contributed by atoms with Crippen molar-refractivity contribution in [3.63, 3.8) is 0 Å². The highest BCUT2D eigenvalue weighted by molar-refractivity contribution is 5.74. The number of para-hydroxylation sites is 2. The standard InChI is InChI=1S/C17H19N3O2/c1-2-7-15-13(6-1)19-17(22-15)18-12-14(16-8-5-11-21-16)20-9-3-4-10-20/h1-2,5-8,11,14H,3-4,9-10,12H2,(H,18,19). The van der Waals surface area contributed by atoms with Crippen LogP contribution in [0.15, 0.2) is 51.5 Å². The molecule has 1 saturated heterocycles. The number of benzene rings is 1. The quantitative estimate of drug-likeness (QED) is 0.778. The van der Waals surface area contributed by atoms with E-state index in [4.69, 9.17) is 8.83 Å². The van der Waals surface area contributed by atoms with Gasteiger partial charge in [0.2, 0.25) is 0 Å². The number of anilines is 1. The molecular weight excluding hydrogens is 278 g/mol. The largest absolute Gasteiger partial charge is 0.468 e. The zero-order chi connectivity index (χ0) is 14.8. The zero-order valence-corrected chi connectivity index (χ0v) is 12.4. The van der Waals surface area contributed by atoms with Crippen molar-refractivity contribution in [2.24, 2.45) is 0 Å². The molecule has 114 valence electrons. The minimum Gasteiger partial charge on any atom is -0.468 e. The maximum absolute atomic E-state index is 5.73. The third kappa shape index (κ3) is 2.60. The number of furan rings is 1. The SMILES string of the molecule is c1coc(C(CNc2nc3ccccc3o2)N2CCCC2)c1. The number of hydrogen-bond acceptors (Lipinski definition) is 5. The molecule has 0 aliphatic carbocycles. The molecule has 22 heavy (non-hydrogen) atoms. The van der Waals surface area contributed by atoms with Gasteiger partial charge in [-0.2, -0.15) is 4.98 Å². The van der Waals surface area contributed by atoms with Crippen molar-refractivity contribution in [2.45, 2.75) is 18.9 Å². The molecule has 1 aliphatic rings. The summed E-state index contributed by atoms with van der Waals surface area (Å²) in [5, 5.41) is 3.32. The normalized spacial score (nSPS) is 17.1. The average molecular weight is 297 g/mol. The third-order valence-corrected chi connectivity index (χ3v) is 4.19. The van der Waals surface area contributed by atoms with Crippen LogP contribution in [0.4, 0.5) is 6.01 Å². The third-order valence-electron chi connectivity index (χ3n) is 4.19. The van der Waals surface area contributed by atoms with Crippen LogP contribution < -0.4 is 5.32 Å². The van der Waals surface area contributed by atoms with Gasteiger partial charge in [-0.05, 0) is 50.2 Å². The number of nitrogens with zero attached hydrogens (tertiary/aromatic N) is 2. The highest BCUT2D eigenvalue weighted by Gasteiger charge is 2.25. The summed E-state index contributed by atoms with van der Waals surface area (Å²) in [5.41, 5.74) is 1.68. The van der Waals surface area contributed by atoms with Gasteiger partial charge in [0.15, 0.2) is 5.58 Å². The minimum atomic E-state index is 0.215. The van der Waals surface area contributed by atoms with E-state index >= 15 is 0 Å². The van der Waals surface area contributed by atoms with Gasteiger partial charge in [-0.25, -0.2) is 0 Å². The topological polar surface area (TPSA) is 54.4 Å². The van der Waals surface area contributed by atoms with Crippen molar-refractivity contribution >= 4 is 17.1 Å². The van der Waals surface area contributed by atoms with E-state index in [-0.39, 0.29) is 6.04 Å². The van der Waals surface area contributed by atoms with Crippen LogP contribution >= 0.6 is 0 Å². The predicted molar refractivity (Wildman–Crippen MR) is 84.8 cm³/mol. The number of rotatable bonds is 5. The molecule has 5 nitrogen and oxygen atoms in total. The molecule has 4 rings (SSSR count). The zero-order valence-electron chi connectivity index (χ0n) is 12.4. The van der Waals surface area contributed by atoms with Crippen LogP contribution in [0.3, 0.4) is 0 Å². The van der Waals surface area contributed by atoms with Gasteiger partial charge < -0.3 is 14.2 Å². The number of hydrogen-bond donors (Lipinski definition) is 1. The van der Waals surface area contributed by atoms with Crippen LogP contribution in [0.1, 0.15) is 24.6 Å². The van der Waals surface area contributed by atoms with E-state index in [2.05, 4.69) is 15.2 Å². The summed E-state index contributed by atoms with van der Waals surface area (Å²) in [6.07, 6.45) is 4.23. The van der Waals surface area contributed by atoms with E-state index in [1.807, 2.05) is 36.4 Å². The second-order valence-corrected chi connectivity index (χ2v) is 5.64. The molecule has 1 atom stereocenters. The Balaban J connectivity index is 1.51. The lowest BCUT2D eigenvalue weighted by Gasteiger charge is -2.25. The van der Waals surface area contributed by atoms with Gasteiger partial charge in [0.1, 0.15) is 11.3 Å². The second kappa shape index (κ2) is 5.85. The summed E-state index contributed by atoms with van der Waals surface area (Å²) in [6, 6.07) is 12.6. The van der Waals surface area contributed by atoms with Gasteiger partial charge in [-0.3, -0.25) is 4.90 Å². The Morgan fingerprint density at radius 2 is 2.00 bits per heavy atom. The Labute approximate surface area is 128 Å². The molecule has 1 aromatic carbocycles. The maximum Gasteiger partial charge on any atom is 0.295 e. The lowest BCUT2D eigenvalue weighted by molar-refractivity contribution is 0.224. The smallest absolute Gasteiger partial charge is 0.295 e. The fourth-order valence-electron chi connectivity index (χ4n) is 3.08. The number of aromatic nitrogens is 1. The molecule has 1 N–H and O–H groups in total.